The molecular weight excluding hydrogens is 688 g/mol. The molecule has 10 heteroatoms. The molecule has 1 unspecified atom stereocenters. The maximum atomic E-state index is 13.3. The molecule has 0 aliphatic heterocycles. The fourth-order valence-electron chi connectivity index (χ4n) is 4.68. The fraction of sp³-hybridized carbons (Fsp3) is 0.0526. The highest BCUT2D eigenvalue weighted by Crippen LogP contribution is 2.28. The summed E-state index contributed by atoms with van der Waals surface area (Å²) in [6, 6.07) is 38.2. The van der Waals surface area contributed by atoms with Gasteiger partial charge in [-0.1, -0.05) is 58.4 Å². The van der Waals surface area contributed by atoms with Crippen LogP contribution in [-0.4, -0.2) is 28.0 Å². The van der Waals surface area contributed by atoms with E-state index in [0.29, 0.717) is 22.8 Å². The number of amides is 3. The van der Waals surface area contributed by atoms with Gasteiger partial charge in [0, 0.05) is 31.9 Å². The number of carbonyl (C=O) groups is 3. The number of thioether (sulfide) groups is 1. The van der Waals surface area contributed by atoms with Crippen LogP contribution in [-0.2, 0) is 9.59 Å². The molecule has 1 aromatic heterocycles. The molecule has 0 bridgehead atoms. The van der Waals surface area contributed by atoms with Gasteiger partial charge in [-0.25, -0.2) is 4.98 Å². The van der Waals surface area contributed by atoms with Gasteiger partial charge in [0.05, 0.1) is 5.25 Å². The van der Waals surface area contributed by atoms with Crippen molar-refractivity contribution in [3.8, 4) is 11.5 Å². The predicted molar refractivity (Wildman–Crippen MR) is 194 cm³/mol. The van der Waals surface area contributed by atoms with E-state index >= 15 is 0 Å². The first-order chi connectivity index (χ1) is 23.3. The number of halogens is 1. The largest absolute Gasteiger partial charge is 0.436 e. The van der Waals surface area contributed by atoms with Crippen LogP contribution >= 0.6 is 27.7 Å². The summed E-state index contributed by atoms with van der Waals surface area (Å²) < 4.78 is 6.73. The van der Waals surface area contributed by atoms with Crippen molar-refractivity contribution in [2.24, 2.45) is 0 Å². The molecule has 48 heavy (non-hydrogen) atoms. The molecule has 0 aliphatic rings. The molecule has 5 aromatic carbocycles. The number of nitrogens with one attached hydrogen (secondary N) is 3. The standard InChI is InChI=1S/C38H29BrN4O4S/c1-24(35(44)40-29-17-13-27(14-18-29)38-43-32-9-5-6-10-34(32)47-38)48-31-21-19-30(20-22-31)41-37(46)33(23-25-11-15-28(39)16-12-25)42-36(45)26-7-3-2-4-8-26/h2-24H,1H3,(H,40,44)(H,41,46)(H,42,45)/b33-23-. The van der Waals surface area contributed by atoms with Crippen molar-refractivity contribution in [2.75, 3.05) is 10.6 Å². The number of hydrogen-bond acceptors (Lipinski definition) is 6. The maximum Gasteiger partial charge on any atom is 0.272 e. The van der Waals surface area contributed by atoms with Crippen LogP contribution in [0.15, 0.2) is 147 Å². The highest BCUT2D eigenvalue weighted by Gasteiger charge is 2.17. The highest BCUT2D eigenvalue weighted by molar-refractivity contribution is 9.10. The van der Waals surface area contributed by atoms with E-state index in [4.69, 9.17) is 4.42 Å². The highest BCUT2D eigenvalue weighted by atomic mass is 79.9. The van der Waals surface area contributed by atoms with Crippen LogP contribution in [0.5, 0.6) is 0 Å². The number of benzene rings is 5. The molecule has 0 spiro atoms. The van der Waals surface area contributed by atoms with Crippen molar-refractivity contribution < 1.29 is 18.8 Å². The van der Waals surface area contributed by atoms with Crippen LogP contribution in [0.4, 0.5) is 11.4 Å². The molecule has 0 aliphatic carbocycles. The van der Waals surface area contributed by atoms with E-state index in [1.165, 1.54) is 11.8 Å². The summed E-state index contributed by atoms with van der Waals surface area (Å²) in [7, 11) is 0. The van der Waals surface area contributed by atoms with Crippen LogP contribution in [0.25, 0.3) is 28.6 Å². The predicted octanol–water partition coefficient (Wildman–Crippen LogP) is 8.79. The summed E-state index contributed by atoms with van der Waals surface area (Å²) in [6.45, 7) is 1.83. The summed E-state index contributed by atoms with van der Waals surface area (Å²) in [4.78, 5) is 44.6. The van der Waals surface area contributed by atoms with Crippen LogP contribution in [0.2, 0.25) is 0 Å². The van der Waals surface area contributed by atoms with Crippen molar-refractivity contribution in [3.63, 3.8) is 0 Å². The number of nitrogens with zero attached hydrogens (tertiary/aromatic N) is 1. The van der Waals surface area contributed by atoms with Gasteiger partial charge in [0.2, 0.25) is 11.8 Å². The average molecular weight is 718 g/mol. The first-order valence-corrected chi connectivity index (χ1v) is 16.7. The number of rotatable bonds is 10. The van der Waals surface area contributed by atoms with Gasteiger partial charge < -0.3 is 20.4 Å². The lowest BCUT2D eigenvalue weighted by Gasteiger charge is -2.14. The zero-order valence-electron chi connectivity index (χ0n) is 25.6. The molecule has 6 aromatic rings. The van der Waals surface area contributed by atoms with E-state index in [2.05, 4.69) is 36.9 Å². The summed E-state index contributed by atoms with van der Waals surface area (Å²) >= 11 is 4.81. The molecule has 238 valence electrons. The fourth-order valence-corrected chi connectivity index (χ4v) is 5.81. The molecular formula is C38H29BrN4O4S. The molecule has 3 N–H and O–H groups in total. The molecule has 0 saturated heterocycles. The summed E-state index contributed by atoms with van der Waals surface area (Å²) in [5, 5.41) is 8.17. The quantitative estimate of drug-likeness (QED) is 0.0965. The van der Waals surface area contributed by atoms with Crippen LogP contribution in [0.1, 0.15) is 22.8 Å². The monoisotopic (exact) mass is 716 g/mol. The van der Waals surface area contributed by atoms with E-state index in [0.717, 1.165) is 31.6 Å². The smallest absolute Gasteiger partial charge is 0.272 e. The molecule has 8 nitrogen and oxygen atoms in total. The Morgan fingerprint density at radius 2 is 1.42 bits per heavy atom. The lowest BCUT2D eigenvalue weighted by molar-refractivity contribution is -0.115. The molecule has 0 saturated carbocycles. The first kappa shape index (κ1) is 32.5. The molecule has 1 atom stereocenters. The van der Waals surface area contributed by atoms with E-state index < -0.39 is 17.1 Å². The van der Waals surface area contributed by atoms with Crippen molar-refractivity contribution in [1.82, 2.24) is 10.3 Å². The molecule has 0 fully saturated rings. The molecule has 6 rings (SSSR count). The zero-order valence-corrected chi connectivity index (χ0v) is 28.0. The first-order valence-electron chi connectivity index (χ1n) is 15.0. The number of carbonyl (C=O) groups excluding carboxylic acids is 3. The normalized spacial score (nSPS) is 11.9. The molecule has 0 radical (unpaired) electrons. The van der Waals surface area contributed by atoms with E-state index in [-0.39, 0.29) is 11.6 Å². The number of para-hydroxylation sites is 2. The van der Waals surface area contributed by atoms with E-state index in [1.807, 2.05) is 97.9 Å². The van der Waals surface area contributed by atoms with Crippen LogP contribution in [0.3, 0.4) is 0 Å². The topological polar surface area (TPSA) is 113 Å². The Bertz CT molecular complexity index is 2060. The average Bonchev–Trinajstić information content (AvgIpc) is 3.55. The Hall–Kier alpha value is -5.45. The van der Waals surface area contributed by atoms with Gasteiger partial charge in [0.15, 0.2) is 5.58 Å². The minimum absolute atomic E-state index is 0.0943. The van der Waals surface area contributed by atoms with Crippen molar-refractivity contribution in [3.05, 3.63) is 149 Å². The molecule has 1 heterocycles. The van der Waals surface area contributed by atoms with E-state index in [9.17, 15) is 14.4 Å². The Balaban J connectivity index is 1.06. The summed E-state index contributed by atoms with van der Waals surface area (Å²) in [5.74, 6) is -0.500. The summed E-state index contributed by atoms with van der Waals surface area (Å²) in [5.41, 5.74) is 4.80. The lowest BCUT2D eigenvalue weighted by atomic mass is 10.1. The van der Waals surface area contributed by atoms with E-state index in [1.54, 1.807) is 42.5 Å². The van der Waals surface area contributed by atoms with Gasteiger partial charge in [0.25, 0.3) is 11.8 Å². The second-order valence-electron chi connectivity index (χ2n) is 10.7. The van der Waals surface area contributed by atoms with Gasteiger partial charge in [-0.15, -0.1) is 11.8 Å². The lowest BCUT2D eigenvalue weighted by Crippen LogP contribution is -2.30. The third-order valence-corrected chi connectivity index (χ3v) is 8.84. The maximum absolute atomic E-state index is 13.3. The Morgan fingerprint density at radius 1 is 0.771 bits per heavy atom. The van der Waals surface area contributed by atoms with Gasteiger partial charge in [-0.2, -0.15) is 0 Å². The number of aromatic nitrogens is 1. The van der Waals surface area contributed by atoms with Crippen molar-refractivity contribution in [2.45, 2.75) is 17.1 Å². The number of anilines is 2. The SMILES string of the molecule is CC(Sc1ccc(NC(=O)/C(=C/c2ccc(Br)cc2)NC(=O)c2ccccc2)cc1)C(=O)Nc1ccc(-c2nc3ccccc3o2)cc1. The minimum Gasteiger partial charge on any atom is -0.436 e. The van der Waals surface area contributed by atoms with Gasteiger partial charge >= 0.3 is 0 Å². The summed E-state index contributed by atoms with van der Waals surface area (Å²) in [6.07, 6.45) is 1.62. The Kier molecular flexibility index (Phi) is 10.1. The minimum atomic E-state index is -0.475. The zero-order chi connectivity index (χ0) is 33.5. The number of fused-ring (bicyclic) bond motifs is 1. The van der Waals surface area contributed by atoms with Gasteiger partial charge in [-0.3, -0.25) is 14.4 Å². The Labute approximate surface area is 289 Å². The molecule has 3 amide bonds. The van der Waals surface area contributed by atoms with Crippen molar-refractivity contribution in [1.29, 1.82) is 0 Å². The van der Waals surface area contributed by atoms with Crippen LogP contribution in [0, 0.1) is 0 Å². The van der Waals surface area contributed by atoms with Crippen molar-refractivity contribution >= 4 is 74.0 Å². The second-order valence-corrected chi connectivity index (χ2v) is 13.1. The van der Waals surface area contributed by atoms with Crippen LogP contribution < -0.4 is 16.0 Å². The third kappa shape index (κ3) is 8.28. The Morgan fingerprint density at radius 3 is 2.12 bits per heavy atom. The second kappa shape index (κ2) is 15.0. The third-order valence-electron chi connectivity index (χ3n) is 7.20. The van der Waals surface area contributed by atoms with Gasteiger partial charge in [-0.05, 0) is 103 Å². The number of hydrogen-bond donors (Lipinski definition) is 3. The van der Waals surface area contributed by atoms with Gasteiger partial charge in [0.1, 0.15) is 11.2 Å². The number of oxazole rings is 1.